The molecule has 0 bridgehead atoms. The lowest BCUT2D eigenvalue weighted by Gasteiger charge is -2.04. The minimum Gasteiger partial charge on any atom is -0.481 e. The Morgan fingerprint density at radius 1 is 0.850 bits per heavy atom. The van der Waals surface area contributed by atoms with Crippen LogP contribution in [0.2, 0.25) is 0 Å². The summed E-state index contributed by atoms with van der Waals surface area (Å²) in [5.41, 5.74) is 2.64. The number of hydrogen-bond acceptors (Lipinski definition) is 2. The van der Waals surface area contributed by atoms with Gasteiger partial charge in [-0.15, -0.1) is 0 Å². The van der Waals surface area contributed by atoms with Crippen molar-refractivity contribution in [2.75, 3.05) is 0 Å². The van der Waals surface area contributed by atoms with Gasteiger partial charge in [0.25, 0.3) is 0 Å². The first-order chi connectivity index (χ1) is 9.56. The van der Waals surface area contributed by atoms with Crippen molar-refractivity contribution in [1.29, 1.82) is 0 Å². The quantitative estimate of drug-likeness (QED) is 0.836. The number of carboxylic acid groups (broad SMARTS) is 1. The summed E-state index contributed by atoms with van der Waals surface area (Å²) in [6.07, 6.45) is -0.0970. The van der Waals surface area contributed by atoms with E-state index in [1.807, 2.05) is 36.4 Å². The average molecular weight is 333 g/mol. The molecule has 0 aliphatic carbocycles. The Balaban J connectivity index is 2.11. The first kappa shape index (κ1) is 14.5. The fraction of sp³-hybridized carbons (Fsp3) is 0.125. The fourth-order valence-electron chi connectivity index (χ4n) is 1.86. The van der Waals surface area contributed by atoms with Gasteiger partial charge < -0.3 is 5.11 Å². The third kappa shape index (κ3) is 3.78. The summed E-state index contributed by atoms with van der Waals surface area (Å²) >= 11 is 3.38. The molecule has 0 saturated heterocycles. The molecule has 2 aromatic carbocycles. The molecular formula is C16H13BrO3. The van der Waals surface area contributed by atoms with Crippen molar-refractivity contribution in [2.45, 2.75) is 12.8 Å². The van der Waals surface area contributed by atoms with Gasteiger partial charge in [0.1, 0.15) is 0 Å². The minimum absolute atomic E-state index is 0.0347. The number of benzene rings is 2. The van der Waals surface area contributed by atoms with Crippen molar-refractivity contribution in [3.63, 3.8) is 0 Å². The number of aliphatic carboxylic acids is 1. The number of carbonyl (C=O) groups excluding carboxylic acids is 1. The second kappa shape index (κ2) is 6.48. The maximum Gasteiger partial charge on any atom is 0.303 e. The highest BCUT2D eigenvalue weighted by molar-refractivity contribution is 9.10. The van der Waals surface area contributed by atoms with Gasteiger partial charge in [0.05, 0.1) is 6.42 Å². The maximum absolute atomic E-state index is 11.8. The molecule has 1 N–H and O–H groups in total. The Bertz CT molecular complexity index is 615. The monoisotopic (exact) mass is 332 g/mol. The largest absolute Gasteiger partial charge is 0.481 e. The molecule has 0 radical (unpaired) electrons. The fourth-order valence-corrected chi connectivity index (χ4v) is 2.12. The molecular weight excluding hydrogens is 320 g/mol. The van der Waals surface area contributed by atoms with Crippen LogP contribution in [0, 0.1) is 0 Å². The Morgan fingerprint density at radius 2 is 1.35 bits per heavy atom. The molecule has 0 aliphatic rings. The van der Waals surface area contributed by atoms with Crippen LogP contribution in [0.5, 0.6) is 0 Å². The molecule has 0 aromatic heterocycles. The molecule has 0 fully saturated rings. The summed E-state index contributed by atoms with van der Waals surface area (Å²) < 4.78 is 1.02. The second-order valence-corrected chi connectivity index (χ2v) is 5.32. The van der Waals surface area contributed by atoms with Crippen LogP contribution in [0.15, 0.2) is 53.0 Å². The number of halogens is 1. The van der Waals surface area contributed by atoms with Crippen LogP contribution in [-0.4, -0.2) is 16.9 Å². The van der Waals surface area contributed by atoms with Crippen molar-refractivity contribution in [3.8, 4) is 11.1 Å². The summed E-state index contributed by atoms with van der Waals surface area (Å²) in [5, 5.41) is 8.57. The predicted octanol–water partition coefficient (Wildman–Crippen LogP) is 4.16. The smallest absolute Gasteiger partial charge is 0.303 e. The number of rotatable bonds is 5. The highest BCUT2D eigenvalue weighted by Crippen LogP contribution is 2.22. The summed E-state index contributed by atoms with van der Waals surface area (Å²) in [4.78, 5) is 22.2. The van der Waals surface area contributed by atoms with Gasteiger partial charge in [-0.1, -0.05) is 52.3 Å². The third-order valence-corrected chi connectivity index (χ3v) is 3.48. The zero-order valence-electron chi connectivity index (χ0n) is 10.7. The Labute approximate surface area is 125 Å². The van der Waals surface area contributed by atoms with Gasteiger partial charge in [0.2, 0.25) is 0 Å². The molecule has 0 aliphatic heterocycles. The Hall–Kier alpha value is -1.94. The summed E-state index contributed by atoms with van der Waals surface area (Å²) in [7, 11) is 0. The lowest BCUT2D eigenvalue weighted by atomic mass is 10.0. The van der Waals surface area contributed by atoms with Crippen molar-refractivity contribution in [3.05, 3.63) is 58.6 Å². The highest BCUT2D eigenvalue weighted by atomic mass is 79.9. The van der Waals surface area contributed by atoms with Gasteiger partial charge in [-0.25, -0.2) is 0 Å². The molecule has 0 saturated carbocycles. The van der Waals surface area contributed by atoms with Gasteiger partial charge in [0.15, 0.2) is 5.78 Å². The predicted molar refractivity (Wildman–Crippen MR) is 80.8 cm³/mol. The summed E-state index contributed by atoms with van der Waals surface area (Å²) in [6, 6.07) is 15.1. The first-order valence-electron chi connectivity index (χ1n) is 6.17. The lowest BCUT2D eigenvalue weighted by Crippen LogP contribution is -2.03. The number of carboxylic acids is 1. The van der Waals surface area contributed by atoms with Crippen molar-refractivity contribution in [1.82, 2.24) is 0 Å². The Morgan fingerprint density at radius 3 is 1.85 bits per heavy atom. The second-order valence-electron chi connectivity index (χ2n) is 4.40. The molecule has 0 amide bonds. The van der Waals surface area contributed by atoms with Crippen LogP contribution in [0.3, 0.4) is 0 Å². The van der Waals surface area contributed by atoms with Crippen molar-refractivity contribution >= 4 is 27.7 Å². The van der Waals surface area contributed by atoms with Crippen molar-refractivity contribution < 1.29 is 14.7 Å². The molecule has 0 heterocycles. The lowest BCUT2D eigenvalue weighted by molar-refractivity contribution is -0.136. The molecule has 3 nitrogen and oxygen atoms in total. The van der Waals surface area contributed by atoms with E-state index in [1.54, 1.807) is 12.1 Å². The topological polar surface area (TPSA) is 54.4 Å². The number of carbonyl (C=O) groups is 2. The van der Waals surface area contributed by atoms with Gasteiger partial charge in [-0.2, -0.15) is 0 Å². The summed E-state index contributed by atoms with van der Waals surface area (Å²) in [5.74, 6) is -1.10. The zero-order valence-corrected chi connectivity index (χ0v) is 12.3. The van der Waals surface area contributed by atoms with Crippen LogP contribution in [0.25, 0.3) is 11.1 Å². The minimum atomic E-state index is -0.954. The highest BCUT2D eigenvalue weighted by Gasteiger charge is 2.08. The summed E-state index contributed by atoms with van der Waals surface area (Å²) in [6.45, 7) is 0. The van der Waals surface area contributed by atoms with Crippen LogP contribution in [-0.2, 0) is 4.79 Å². The molecule has 0 atom stereocenters. The van der Waals surface area contributed by atoms with Gasteiger partial charge in [-0.05, 0) is 23.3 Å². The van der Waals surface area contributed by atoms with Gasteiger partial charge in [-0.3, -0.25) is 9.59 Å². The number of ketones is 1. The number of hydrogen-bond donors (Lipinski definition) is 1. The van der Waals surface area contributed by atoms with Gasteiger partial charge >= 0.3 is 5.97 Å². The van der Waals surface area contributed by atoms with Crippen LogP contribution in [0.4, 0.5) is 0 Å². The molecule has 2 aromatic rings. The average Bonchev–Trinajstić information content (AvgIpc) is 2.46. The normalized spacial score (nSPS) is 10.2. The van der Waals surface area contributed by atoms with E-state index < -0.39 is 5.97 Å². The third-order valence-electron chi connectivity index (χ3n) is 2.95. The molecule has 0 unspecified atom stereocenters. The molecule has 4 heteroatoms. The van der Waals surface area contributed by atoms with Crippen molar-refractivity contribution in [2.24, 2.45) is 0 Å². The zero-order chi connectivity index (χ0) is 14.5. The van der Waals surface area contributed by atoms with E-state index >= 15 is 0 Å². The molecule has 0 spiro atoms. The van der Waals surface area contributed by atoms with E-state index in [0.717, 1.165) is 15.6 Å². The molecule has 102 valence electrons. The first-order valence-corrected chi connectivity index (χ1v) is 6.96. The van der Waals surface area contributed by atoms with E-state index in [0.29, 0.717) is 5.56 Å². The van der Waals surface area contributed by atoms with Crippen LogP contribution < -0.4 is 0 Å². The van der Waals surface area contributed by atoms with E-state index in [2.05, 4.69) is 15.9 Å². The van der Waals surface area contributed by atoms with E-state index in [4.69, 9.17) is 5.11 Å². The van der Waals surface area contributed by atoms with Crippen LogP contribution in [0.1, 0.15) is 23.2 Å². The number of Topliss-reactive ketones (excluding diaryl/α,β-unsaturated/α-hetero) is 1. The standard InChI is InChI=1S/C16H13BrO3/c17-14-7-5-12(6-8-14)11-1-3-13(4-2-11)15(18)9-10-16(19)20/h1-8H,9-10H2,(H,19,20). The SMILES string of the molecule is O=C(O)CCC(=O)c1ccc(-c2ccc(Br)cc2)cc1. The van der Waals surface area contributed by atoms with Crippen LogP contribution >= 0.6 is 15.9 Å². The van der Waals surface area contributed by atoms with E-state index in [1.165, 1.54) is 0 Å². The van der Waals surface area contributed by atoms with E-state index in [9.17, 15) is 9.59 Å². The maximum atomic E-state index is 11.8. The Kier molecular flexibility index (Phi) is 4.69. The van der Waals surface area contributed by atoms with E-state index in [-0.39, 0.29) is 18.6 Å². The molecule has 2 rings (SSSR count). The molecule has 20 heavy (non-hydrogen) atoms. The van der Waals surface area contributed by atoms with Gasteiger partial charge in [0, 0.05) is 16.5 Å².